The third-order valence-corrected chi connectivity index (χ3v) is 2.89. The quantitative estimate of drug-likeness (QED) is 0.879. The lowest BCUT2D eigenvalue weighted by atomic mass is 10.00. The molecule has 2 aromatic rings. The van der Waals surface area contributed by atoms with Gasteiger partial charge in [-0.1, -0.05) is 23.7 Å². The Morgan fingerprint density at radius 2 is 2.00 bits per heavy atom. The van der Waals surface area contributed by atoms with Crippen molar-refractivity contribution in [2.24, 2.45) is 0 Å². The maximum atomic E-state index is 10.6. The van der Waals surface area contributed by atoms with Gasteiger partial charge < -0.3 is 10.2 Å². The Morgan fingerprint density at radius 3 is 2.71 bits per heavy atom. The van der Waals surface area contributed by atoms with Crippen molar-refractivity contribution in [2.75, 3.05) is 0 Å². The highest BCUT2D eigenvalue weighted by Gasteiger charge is 2.09. The second-order valence-corrected chi connectivity index (χ2v) is 4.26. The number of carbonyl (C=O) groups is 1. The molecule has 2 rings (SSSR count). The number of phenolic OH excluding ortho intramolecular Hbond substituents is 1. The Morgan fingerprint density at radius 1 is 1.24 bits per heavy atom. The highest BCUT2D eigenvalue weighted by Crippen LogP contribution is 2.30. The summed E-state index contributed by atoms with van der Waals surface area (Å²) in [6, 6.07) is 8.65. The summed E-state index contributed by atoms with van der Waals surface area (Å²) in [6.07, 6.45) is 0.301. The molecule has 88 valence electrons. The molecule has 0 atom stereocenters. The fourth-order valence-electron chi connectivity index (χ4n) is 1.85. The van der Waals surface area contributed by atoms with Gasteiger partial charge in [-0.15, -0.1) is 0 Å². The molecule has 0 saturated carbocycles. The van der Waals surface area contributed by atoms with Crippen molar-refractivity contribution in [1.29, 1.82) is 0 Å². The molecule has 0 unspecified atom stereocenters. The summed E-state index contributed by atoms with van der Waals surface area (Å²) >= 11 is 5.88. The Bertz CT molecular complexity index is 578. The number of rotatable bonds is 3. The number of hydrogen-bond acceptors (Lipinski definition) is 2. The van der Waals surface area contributed by atoms with Gasteiger partial charge in [0.25, 0.3) is 0 Å². The Labute approximate surface area is 103 Å². The molecule has 0 amide bonds. The number of halogens is 1. The fourth-order valence-corrected chi connectivity index (χ4v) is 2.03. The summed E-state index contributed by atoms with van der Waals surface area (Å²) < 4.78 is 0. The number of aromatic hydroxyl groups is 1. The van der Waals surface area contributed by atoms with E-state index in [0.29, 0.717) is 17.0 Å². The van der Waals surface area contributed by atoms with Crippen LogP contribution in [0.4, 0.5) is 0 Å². The fraction of sp³-hybridized carbons (Fsp3) is 0.154. The molecule has 0 fully saturated rings. The predicted octanol–water partition coefficient (Wildman–Crippen LogP) is 3.22. The number of aliphatic carboxylic acids is 1. The van der Waals surface area contributed by atoms with Crippen molar-refractivity contribution in [1.82, 2.24) is 0 Å². The van der Waals surface area contributed by atoms with Crippen molar-refractivity contribution in [3.8, 4) is 5.75 Å². The largest absolute Gasteiger partial charge is 0.508 e. The maximum Gasteiger partial charge on any atom is 0.303 e. The maximum absolute atomic E-state index is 10.6. The highest BCUT2D eigenvalue weighted by atomic mass is 35.5. The summed E-state index contributed by atoms with van der Waals surface area (Å²) in [5.74, 6) is -0.753. The van der Waals surface area contributed by atoms with Crippen LogP contribution >= 0.6 is 11.6 Å². The van der Waals surface area contributed by atoms with Gasteiger partial charge in [-0.25, -0.2) is 0 Å². The highest BCUT2D eigenvalue weighted by molar-refractivity contribution is 6.31. The molecule has 0 aliphatic rings. The van der Waals surface area contributed by atoms with Gasteiger partial charge in [-0.3, -0.25) is 4.79 Å². The van der Waals surface area contributed by atoms with Crippen LogP contribution in [0.3, 0.4) is 0 Å². The van der Waals surface area contributed by atoms with Crippen LogP contribution in [0, 0.1) is 0 Å². The van der Waals surface area contributed by atoms with Gasteiger partial charge in [0, 0.05) is 17.0 Å². The molecule has 0 aliphatic carbocycles. The van der Waals surface area contributed by atoms with Gasteiger partial charge in [-0.05, 0) is 35.4 Å². The van der Waals surface area contributed by atoms with Gasteiger partial charge >= 0.3 is 5.97 Å². The first-order valence-corrected chi connectivity index (χ1v) is 5.57. The molecule has 4 heteroatoms. The lowest BCUT2D eigenvalue weighted by molar-refractivity contribution is -0.136. The molecule has 0 aliphatic heterocycles. The zero-order valence-corrected chi connectivity index (χ0v) is 9.74. The molecule has 0 radical (unpaired) electrons. The summed E-state index contributed by atoms with van der Waals surface area (Å²) in [5.41, 5.74) is 0.654. The van der Waals surface area contributed by atoms with E-state index >= 15 is 0 Å². The van der Waals surface area contributed by atoms with Crippen LogP contribution in [0.15, 0.2) is 30.3 Å². The molecule has 2 aromatic carbocycles. The zero-order valence-electron chi connectivity index (χ0n) is 8.98. The minimum Gasteiger partial charge on any atom is -0.508 e. The van der Waals surface area contributed by atoms with Crippen LogP contribution < -0.4 is 0 Å². The summed E-state index contributed by atoms with van der Waals surface area (Å²) in [7, 11) is 0. The van der Waals surface area contributed by atoms with Crippen LogP contribution in [0.1, 0.15) is 12.0 Å². The molecular formula is C13H11ClO3. The lowest BCUT2D eigenvalue weighted by Crippen LogP contribution is -1.98. The molecule has 0 aromatic heterocycles. The van der Waals surface area contributed by atoms with Crippen LogP contribution in [0.5, 0.6) is 5.75 Å². The van der Waals surface area contributed by atoms with Crippen LogP contribution in [-0.4, -0.2) is 16.2 Å². The van der Waals surface area contributed by atoms with E-state index in [4.69, 9.17) is 16.7 Å². The summed E-state index contributed by atoms with van der Waals surface area (Å²) in [6.45, 7) is 0. The normalized spacial score (nSPS) is 10.6. The average Bonchev–Trinajstić information content (AvgIpc) is 2.27. The molecule has 0 heterocycles. The number of aryl methyl sites for hydroxylation is 1. The smallest absolute Gasteiger partial charge is 0.303 e. The number of phenols is 1. The summed E-state index contributed by atoms with van der Waals surface area (Å²) in [5, 5.41) is 20.8. The van der Waals surface area contributed by atoms with E-state index in [1.807, 2.05) is 0 Å². The summed E-state index contributed by atoms with van der Waals surface area (Å²) in [4.78, 5) is 10.6. The second kappa shape index (κ2) is 4.63. The molecular weight excluding hydrogens is 240 g/mol. The van der Waals surface area contributed by atoms with E-state index in [-0.39, 0.29) is 12.2 Å². The number of carboxylic acid groups (broad SMARTS) is 1. The van der Waals surface area contributed by atoms with Gasteiger partial charge in [0.1, 0.15) is 5.75 Å². The lowest BCUT2D eigenvalue weighted by Gasteiger charge is -2.08. The Kier molecular flexibility index (Phi) is 3.20. The SMILES string of the molecule is O=C(O)CCc1c(O)ccc2cc(Cl)ccc12. The Balaban J connectivity index is 2.51. The van der Waals surface area contributed by atoms with E-state index in [2.05, 4.69) is 0 Å². The predicted molar refractivity (Wildman–Crippen MR) is 66.6 cm³/mol. The van der Waals surface area contributed by atoms with E-state index in [1.54, 1.807) is 30.3 Å². The number of fused-ring (bicyclic) bond motifs is 1. The minimum absolute atomic E-state index is 0.00466. The molecule has 0 bridgehead atoms. The van der Waals surface area contributed by atoms with Crippen molar-refractivity contribution in [3.63, 3.8) is 0 Å². The second-order valence-electron chi connectivity index (χ2n) is 3.82. The molecule has 17 heavy (non-hydrogen) atoms. The Hall–Kier alpha value is -1.74. The topological polar surface area (TPSA) is 57.5 Å². The minimum atomic E-state index is -0.879. The van der Waals surface area contributed by atoms with E-state index < -0.39 is 5.97 Å². The number of carboxylic acids is 1. The van der Waals surface area contributed by atoms with Crippen LogP contribution in [-0.2, 0) is 11.2 Å². The van der Waals surface area contributed by atoms with Crippen molar-refractivity contribution >= 4 is 28.3 Å². The van der Waals surface area contributed by atoms with Crippen LogP contribution in [0.25, 0.3) is 10.8 Å². The number of hydrogen-bond donors (Lipinski definition) is 2. The van der Waals surface area contributed by atoms with Gasteiger partial charge in [-0.2, -0.15) is 0 Å². The molecule has 0 spiro atoms. The molecule has 3 nitrogen and oxygen atoms in total. The van der Waals surface area contributed by atoms with Gasteiger partial charge in [0.15, 0.2) is 0 Å². The van der Waals surface area contributed by atoms with E-state index in [0.717, 1.165) is 10.8 Å². The van der Waals surface area contributed by atoms with Crippen molar-refractivity contribution in [2.45, 2.75) is 12.8 Å². The van der Waals surface area contributed by atoms with E-state index in [1.165, 1.54) is 0 Å². The average molecular weight is 251 g/mol. The van der Waals surface area contributed by atoms with Crippen molar-refractivity contribution in [3.05, 3.63) is 40.9 Å². The third-order valence-electron chi connectivity index (χ3n) is 2.66. The first kappa shape index (κ1) is 11.7. The first-order chi connectivity index (χ1) is 8.08. The van der Waals surface area contributed by atoms with Gasteiger partial charge in [0.05, 0.1) is 0 Å². The number of benzene rings is 2. The van der Waals surface area contributed by atoms with E-state index in [9.17, 15) is 9.90 Å². The zero-order chi connectivity index (χ0) is 12.4. The van der Waals surface area contributed by atoms with Crippen molar-refractivity contribution < 1.29 is 15.0 Å². The molecule has 2 N–H and O–H groups in total. The first-order valence-electron chi connectivity index (χ1n) is 5.20. The molecule has 0 saturated heterocycles. The third kappa shape index (κ3) is 2.50. The monoisotopic (exact) mass is 250 g/mol. The van der Waals surface area contributed by atoms with Crippen LogP contribution in [0.2, 0.25) is 5.02 Å². The standard InChI is InChI=1S/C13H11ClO3/c14-9-2-3-10-8(7-9)1-5-12(15)11(10)4-6-13(16)17/h1-3,5,7,15H,4,6H2,(H,16,17). The van der Waals surface area contributed by atoms with Gasteiger partial charge in [0.2, 0.25) is 0 Å².